The van der Waals surface area contributed by atoms with E-state index < -0.39 is 6.04 Å². The van der Waals surface area contributed by atoms with Crippen molar-refractivity contribution < 1.29 is 23.6 Å². The number of allylic oxidation sites excluding steroid dienone is 2. The van der Waals surface area contributed by atoms with E-state index in [2.05, 4.69) is 5.32 Å². The van der Waals surface area contributed by atoms with Gasteiger partial charge in [-0.2, -0.15) is 0 Å². The van der Waals surface area contributed by atoms with E-state index in [1.165, 1.54) is 21.9 Å². The van der Waals surface area contributed by atoms with E-state index in [4.69, 9.17) is 0 Å². The number of halogens is 1. The molecule has 184 valence electrons. The van der Waals surface area contributed by atoms with Gasteiger partial charge in [0.2, 0.25) is 23.6 Å². The smallest absolute Gasteiger partial charge is 0.242 e. The summed E-state index contributed by atoms with van der Waals surface area (Å²) in [5, 5.41) is 2.89. The van der Waals surface area contributed by atoms with Crippen molar-refractivity contribution in [3.8, 4) is 0 Å². The van der Waals surface area contributed by atoms with Crippen molar-refractivity contribution in [3.63, 3.8) is 0 Å². The minimum Gasteiger partial charge on any atom is -0.354 e. The molecule has 1 N–H and O–H groups in total. The highest BCUT2D eigenvalue weighted by molar-refractivity contribution is 6.05. The van der Waals surface area contributed by atoms with Gasteiger partial charge >= 0.3 is 0 Å². The summed E-state index contributed by atoms with van der Waals surface area (Å²) in [7, 11) is 0. The first-order valence-electron chi connectivity index (χ1n) is 12.2. The lowest BCUT2D eigenvalue weighted by Crippen LogP contribution is -2.49. The van der Waals surface area contributed by atoms with E-state index in [1.807, 2.05) is 26.0 Å². The quantitative estimate of drug-likeness (QED) is 0.305. The topological polar surface area (TPSA) is 86.8 Å². The van der Waals surface area contributed by atoms with Crippen LogP contribution >= 0.6 is 0 Å². The lowest BCUT2D eigenvalue weighted by atomic mass is 9.85. The van der Waals surface area contributed by atoms with Crippen LogP contribution in [0.4, 0.5) is 4.39 Å². The van der Waals surface area contributed by atoms with Crippen LogP contribution in [0.5, 0.6) is 0 Å². The van der Waals surface area contributed by atoms with Gasteiger partial charge in [0.1, 0.15) is 11.9 Å². The Bertz CT molecular complexity index is 904. The number of hydrogen-bond acceptors (Lipinski definition) is 4. The SMILES string of the molecule is CCCCNC(=O)[C@H](CC)N(Cc1ccc(F)cc1)C(=O)CCN1C(=O)[C@H]2CC=CC[C@H]2C1=O. The van der Waals surface area contributed by atoms with Gasteiger partial charge < -0.3 is 10.2 Å². The molecule has 0 unspecified atom stereocenters. The highest BCUT2D eigenvalue weighted by atomic mass is 19.1. The van der Waals surface area contributed by atoms with E-state index in [-0.39, 0.29) is 60.8 Å². The third kappa shape index (κ3) is 5.90. The molecule has 1 aliphatic heterocycles. The maximum Gasteiger partial charge on any atom is 0.242 e. The second-order valence-corrected chi connectivity index (χ2v) is 8.95. The predicted octanol–water partition coefficient (Wildman–Crippen LogP) is 3.19. The van der Waals surface area contributed by atoms with Gasteiger partial charge in [-0.15, -0.1) is 0 Å². The molecule has 1 saturated heterocycles. The van der Waals surface area contributed by atoms with Crippen LogP contribution < -0.4 is 5.32 Å². The minimum atomic E-state index is -0.703. The molecule has 0 aromatic heterocycles. The van der Waals surface area contributed by atoms with Crippen LogP contribution in [-0.2, 0) is 25.7 Å². The Morgan fingerprint density at radius 3 is 2.26 bits per heavy atom. The Balaban J connectivity index is 1.72. The number of rotatable bonds is 11. The Morgan fingerprint density at radius 1 is 1.09 bits per heavy atom. The average molecular weight is 472 g/mol. The molecule has 1 aromatic carbocycles. The summed E-state index contributed by atoms with van der Waals surface area (Å²) in [5.41, 5.74) is 0.694. The van der Waals surface area contributed by atoms with Crippen LogP contribution in [0.15, 0.2) is 36.4 Å². The molecular weight excluding hydrogens is 437 g/mol. The van der Waals surface area contributed by atoms with E-state index in [1.54, 1.807) is 12.1 Å². The Hall–Kier alpha value is -3.03. The number of nitrogens with one attached hydrogen (secondary N) is 1. The molecule has 0 saturated carbocycles. The predicted molar refractivity (Wildman–Crippen MR) is 126 cm³/mol. The molecule has 1 heterocycles. The van der Waals surface area contributed by atoms with Gasteiger partial charge in [0, 0.05) is 26.1 Å². The first-order valence-corrected chi connectivity index (χ1v) is 12.2. The van der Waals surface area contributed by atoms with Crippen LogP contribution in [0, 0.1) is 17.7 Å². The van der Waals surface area contributed by atoms with E-state index in [9.17, 15) is 23.6 Å². The van der Waals surface area contributed by atoms with Gasteiger partial charge in [0.05, 0.1) is 11.8 Å². The number of nitrogens with zero attached hydrogens (tertiary/aromatic N) is 2. The van der Waals surface area contributed by atoms with Gasteiger partial charge in [0.15, 0.2) is 0 Å². The van der Waals surface area contributed by atoms with Crippen molar-refractivity contribution in [2.45, 2.75) is 65.0 Å². The first-order chi connectivity index (χ1) is 16.4. The molecule has 2 aliphatic rings. The van der Waals surface area contributed by atoms with Gasteiger partial charge in [-0.1, -0.05) is 44.6 Å². The minimum absolute atomic E-state index is 0.00267. The number of fused-ring (bicyclic) bond motifs is 1. The Kier molecular flexibility index (Phi) is 8.96. The Morgan fingerprint density at radius 2 is 1.71 bits per heavy atom. The highest BCUT2D eigenvalue weighted by Crippen LogP contribution is 2.35. The molecule has 0 spiro atoms. The average Bonchev–Trinajstić information content (AvgIpc) is 3.08. The standard InChI is InChI=1S/C26H34FN3O4/c1-3-5-15-28-24(32)22(4-2)30(17-18-10-12-19(27)13-11-18)23(31)14-16-29-25(33)20-8-6-7-9-21(20)26(29)34/h6-7,10-13,20-22H,3-5,8-9,14-17H2,1-2H3,(H,28,32)/t20-,21+,22-/m0/s1. The molecule has 1 aliphatic carbocycles. The number of benzene rings is 1. The summed E-state index contributed by atoms with van der Waals surface area (Å²) in [4.78, 5) is 54.4. The molecule has 3 rings (SSSR count). The third-order valence-electron chi connectivity index (χ3n) is 6.63. The Labute approximate surface area is 200 Å². The van der Waals surface area contributed by atoms with Crippen LogP contribution in [0.25, 0.3) is 0 Å². The zero-order valence-corrected chi connectivity index (χ0v) is 20.0. The first kappa shape index (κ1) is 25.6. The number of amides is 4. The van der Waals surface area contributed by atoms with Crippen LogP contribution in [0.2, 0.25) is 0 Å². The molecule has 8 heteroatoms. The second-order valence-electron chi connectivity index (χ2n) is 8.95. The zero-order valence-electron chi connectivity index (χ0n) is 20.0. The highest BCUT2D eigenvalue weighted by Gasteiger charge is 2.47. The molecule has 34 heavy (non-hydrogen) atoms. The van der Waals surface area contributed by atoms with Crippen molar-refractivity contribution in [1.29, 1.82) is 0 Å². The summed E-state index contributed by atoms with van der Waals surface area (Å²) >= 11 is 0. The van der Waals surface area contributed by atoms with E-state index in [0.717, 1.165) is 12.8 Å². The summed E-state index contributed by atoms with van der Waals surface area (Å²) in [5.74, 6) is -2.06. The molecule has 0 radical (unpaired) electrons. The summed E-state index contributed by atoms with van der Waals surface area (Å²) < 4.78 is 13.4. The second kappa shape index (κ2) is 11.9. The van der Waals surface area contributed by atoms with Gasteiger partial charge in [0.25, 0.3) is 0 Å². The molecule has 1 fully saturated rings. The third-order valence-corrected chi connectivity index (χ3v) is 6.63. The summed E-state index contributed by atoms with van der Waals surface area (Å²) in [6.07, 6.45) is 7.06. The number of unbranched alkanes of at least 4 members (excludes halogenated alkanes) is 1. The summed E-state index contributed by atoms with van der Waals surface area (Å²) in [6, 6.07) is 5.10. The van der Waals surface area contributed by atoms with Crippen molar-refractivity contribution in [1.82, 2.24) is 15.1 Å². The fraction of sp³-hybridized carbons (Fsp3) is 0.538. The summed E-state index contributed by atoms with van der Waals surface area (Å²) in [6.45, 7) is 4.52. The molecule has 7 nitrogen and oxygen atoms in total. The monoisotopic (exact) mass is 471 g/mol. The van der Waals surface area contributed by atoms with Crippen molar-refractivity contribution in [2.75, 3.05) is 13.1 Å². The van der Waals surface area contributed by atoms with Gasteiger partial charge in [-0.3, -0.25) is 24.1 Å². The molecule has 1 aromatic rings. The van der Waals surface area contributed by atoms with Crippen LogP contribution in [0.1, 0.15) is 57.9 Å². The van der Waals surface area contributed by atoms with E-state index in [0.29, 0.717) is 31.4 Å². The molecule has 0 bridgehead atoms. The molecule has 4 amide bonds. The molecular formula is C26H34FN3O4. The normalized spacial score (nSPS) is 20.3. The van der Waals surface area contributed by atoms with Gasteiger partial charge in [-0.25, -0.2) is 4.39 Å². The van der Waals surface area contributed by atoms with Crippen LogP contribution in [-0.4, -0.2) is 52.6 Å². The lowest BCUT2D eigenvalue weighted by Gasteiger charge is -2.31. The fourth-order valence-corrected chi connectivity index (χ4v) is 4.65. The number of hydrogen-bond donors (Lipinski definition) is 1. The van der Waals surface area contributed by atoms with Crippen LogP contribution in [0.3, 0.4) is 0 Å². The number of imide groups is 1. The van der Waals surface area contributed by atoms with Gasteiger partial charge in [-0.05, 0) is 43.4 Å². The maximum absolute atomic E-state index is 13.4. The zero-order chi connectivity index (χ0) is 24.7. The number of carbonyl (C=O) groups excluding carboxylic acids is 4. The van der Waals surface area contributed by atoms with Crippen molar-refractivity contribution in [2.24, 2.45) is 11.8 Å². The lowest BCUT2D eigenvalue weighted by molar-refractivity contribution is -0.144. The number of carbonyl (C=O) groups is 4. The number of likely N-dealkylation sites (tertiary alicyclic amines) is 1. The van der Waals surface area contributed by atoms with Crippen molar-refractivity contribution >= 4 is 23.6 Å². The molecule has 3 atom stereocenters. The van der Waals surface area contributed by atoms with E-state index >= 15 is 0 Å². The fourth-order valence-electron chi connectivity index (χ4n) is 4.65. The van der Waals surface area contributed by atoms with Crippen molar-refractivity contribution in [3.05, 3.63) is 47.8 Å². The maximum atomic E-state index is 13.4. The largest absolute Gasteiger partial charge is 0.354 e.